The topological polar surface area (TPSA) is 66.0 Å². The Balaban J connectivity index is 1.53. The molecule has 8 heteroatoms. The minimum absolute atomic E-state index is 0.477. The molecule has 0 spiro atoms. The average Bonchev–Trinajstić information content (AvgIpc) is 3.24. The third-order valence-electron chi connectivity index (χ3n) is 4.93. The smallest absolute Gasteiger partial charge is 0.230 e. The van der Waals surface area contributed by atoms with Gasteiger partial charge in [0.05, 0.1) is 15.9 Å². The molecular formula is C18H24N6S2. The molecule has 1 saturated carbocycles. The third kappa shape index (κ3) is 3.82. The van der Waals surface area contributed by atoms with Crippen LogP contribution in [0.3, 0.4) is 0 Å². The highest BCUT2D eigenvalue weighted by Crippen LogP contribution is 2.31. The number of rotatable bonds is 5. The lowest BCUT2D eigenvalue weighted by Gasteiger charge is -2.33. The summed E-state index contributed by atoms with van der Waals surface area (Å²) in [5.41, 5.74) is 1.99. The van der Waals surface area contributed by atoms with Crippen molar-refractivity contribution in [2.75, 3.05) is 24.7 Å². The van der Waals surface area contributed by atoms with Crippen molar-refractivity contribution in [2.24, 2.45) is 0 Å². The van der Waals surface area contributed by atoms with Crippen molar-refractivity contribution in [3.05, 3.63) is 23.2 Å². The molecule has 3 heterocycles. The van der Waals surface area contributed by atoms with Crippen molar-refractivity contribution in [1.82, 2.24) is 19.2 Å². The second kappa shape index (κ2) is 7.46. The van der Waals surface area contributed by atoms with Crippen LogP contribution in [0.1, 0.15) is 31.4 Å². The van der Waals surface area contributed by atoms with E-state index in [1.807, 2.05) is 13.0 Å². The van der Waals surface area contributed by atoms with Gasteiger partial charge in [-0.15, -0.1) is 11.3 Å². The first-order chi connectivity index (χ1) is 12.6. The molecule has 1 aliphatic carbocycles. The highest BCUT2D eigenvalue weighted by atomic mass is 32.1. The molecule has 2 N–H and O–H groups in total. The quantitative estimate of drug-likeness (QED) is 0.672. The fourth-order valence-electron chi connectivity index (χ4n) is 3.48. The number of aryl methyl sites for hydroxylation is 1. The Hall–Kier alpha value is -1.77. The summed E-state index contributed by atoms with van der Waals surface area (Å²) < 4.78 is 5.44. The second-order valence-corrected chi connectivity index (χ2v) is 8.82. The van der Waals surface area contributed by atoms with Gasteiger partial charge in [-0.1, -0.05) is 0 Å². The summed E-state index contributed by atoms with van der Waals surface area (Å²) in [6, 6.07) is 5.25. The zero-order chi connectivity index (χ0) is 18.1. The van der Waals surface area contributed by atoms with Gasteiger partial charge in [0.1, 0.15) is 10.8 Å². The first-order valence-corrected chi connectivity index (χ1v) is 10.6. The Bertz CT molecular complexity index is 879. The van der Waals surface area contributed by atoms with Gasteiger partial charge in [-0.2, -0.15) is 9.36 Å². The first-order valence-electron chi connectivity index (χ1n) is 8.97. The highest BCUT2D eigenvalue weighted by molar-refractivity contribution is 7.17. The highest BCUT2D eigenvalue weighted by Gasteiger charge is 2.23. The zero-order valence-electron chi connectivity index (χ0n) is 15.3. The van der Waals surface area contributed by atoms with Crippen LogP contribution in [0.5, 0.6) is 0 Å². The molecule has 3 aromatic heterocycles. The first kappa shape index (κ1) is 17.6. The summed E-state index contributed by atoms with van der Waals surface area (Å²) in [5, 5.41) is 10.0. The van der Waals surface area contributed by atoms with E-state index in [0.717, 1.165) is 26.7 Å². The summed E-state index contributed by atoms with van der Waals surface area (Å²) in [4.78, 5) is 11.8. The molecule has 0 amide bonds. The van der Waals surface area contributed by atoms with Crippen LogP contribution in [0, 0.1) is 6.92 Å². The van der Waals surface area contributed by atoms with E-state index in [1.54, 1.807) is 11.3 Å². The van der Waals surface area contributed by atoms with Gasteiger partial charge in [0.15, 0.2) is 0 Å². The van der Waals surface area contributed by atoms with Gasteiger partial charge in [-0.25, -0.2) is 4.98 Å². The van der Waals surface area contributed by atoms with Gasteiger partial charge < -0.3 is 15.5 Å². The number of hydrogen-bond acceptors (Lipinski definition) is 8. The molecule has 3 aromatic rings. The van der Waals surface area contributed by atoms with Crippen LogP contribution < -0.4 is 10.6 Å². The number of hydrogen-bond donors (Lipinski definition) is 2. The average molecular weight is 389 g/mol. The van der Waals surface area contributed by atoms with Crippen molar-refractivity contribution < 1.29 is 0 Å². The van der Waals surface area contributed by atoms with Crippen molar-refractivity contribution in [2.45, 2.75) is 44.7 Å². The molecule has 26 heavy (non-hydrogen) atoms. The second-order valence-electron chi connectivity index (χ2n) is 7.10. The van der Waals surface area contributed by atoms with Crippen LogP contribution in [0.2, 0.25) is 0 Å². The lowest BCUT2D eigenvalue weighted by Crippen LogP contribution is -2.36. The summed E-state index contributed by atoms with van der Waals surface area (Å²) in [6.45, 7) is 1.99. The van der Waals surface area contributed by atoms with Crippen LogP contribution in [0.4, 0.5) is 16.8 Å². The van der Waals surface area contributed by atoms with E-state index in [-0.39, 0.29) is 0 Å². The Morgan fingerprint density at radius 3 is 2.65 bits per heavy atom. The van der Waals surface area contributed by atoms with Crippen LogP contribution in [0.25, 0.3) is 10.2 Å². The predicted octanol–water partition coefficient (Wildman–Crippen LogP) is 4.48. The van der Waals surface area contributed by atoms with Gasteiger partial charge in [-0.05, 0) is 75.7 Å². The zero-order valence-corrected chi connectivity index (χ0v) is 17.0. The van der Waals surface area contributed by atoms with E-state index < -0.39 is 0 Å². The minimum atomic E-state index is 0.477. The molecule has 0 aromatic carbocycles. The predicted molar refractivity (Wildman–Crippen MR) is 111 cm³/mol. The van der Waals surface area contributed by atoms with E-state index in [1.165, 1.54) is 37.2 Å². The molecule has 4 rings (SSSR count). The lowest BCUT2D eigenvalue weighted by molar-refractivity contribution is 0.221. The summed E-state index contributed by atoms with van der Waals surface area (Å²) in [6.07, 6.45) is 4.82. The number of nitrogens with zero attached hydrogens (tertiary/aromatic N) is 4. The summed E-state index contributed by atoms with van der Waals surface area (Å²) >= 11 is 3.13. The summed E-state index contributed by atoms with van der Waals surface area (Å²) in [5.74, 6) is 1.58. The molecular weight excluding hydrogens is 364 g/mol. The number of thiophene rings is 1. The fraction of sp³-hybridized carbons (Fsp3) is 0.500. The maximum Gasteiger partial charge on any atom is 0.230 e. The minimum Gasteiger partial charge on any atom is -0.366 e. The standard InChI is InChI=1S/C18H24N6S2/c1-11-10-15(26-23-11)21-18-20-14-8-9-25-16(14)17(22-18)19-12-4-6-13(7-5-12)24(2)3/h8-10,12-13H,4-7H2,1-3H3,(H2,19,20,21,22)/t12-,13-. The van der Waals surface area contributed by atoms with E-state index in [9.17, 15) is 0 Å². The van der Waals surface area contributed by atoms with Gasteiger partial charge >= 0.3 is 0 Å². The Kier molecular flexibility index (Phi) is 5.06. The van der Waals surface area contributed by atoms with E-state index in [0.29, 0.717) is 18.0 Å². The molecule has 1 aliphatic rings. The maximum absolute atomic E-state index is 4.77. The van der Waals surface area contributed by atoms with Crippen molar-refractivity contribution in [3.8, 4) is 0 Å². The molecule has 0 bridgehead atoms. The van der Waals surface area contributed by atoms with Gasteiger partial charge in [0.2, 0.25) is 5.95 Å². The molecule has 0 unspecified atom stereocenters. The van der Waals surface area contributed by atoms with Gasteiger partial charge in [0, 0.05) is 12.1 Å². The number of anilines is 3. The van der Waals surface area contributed by atoms with Crippen LogP contribution in [-0.2, 0) is 0 Å². The van der Waals surface area contributed by atoms with Crippen LogP contribution >= 0.6 is 22.9 Å². The molecule has 1 fully saturated rings. The van der Waals surface area contributed by atoms with Gasteiger partial charge in [-0.3, -0.25) is 0 Å². The Morgan fingerprint density at radius 2 is 1.96 bits per heavy atom. The Morgan fingerprint density at radius 1 is 1.15 bits per heavy atom. The number of nitrogens with one attached hydrogen (secondary N) is 2. The molecule has 0 aliphatic heterocycles. The fourth-order valence-corrected chi connectivity index (χ4v) is 4.92. The summed E-state index contributed by atoms with van der Waals surface area (Å²) in [7, 11) is 4.36. The number of fused-ring (bicyclic) bond motifs is 1. The monoisotopic (exact) mass is 388 g/mol. The molecule has 0 saturated heterocycles. The van der Waals surface area contributed by atoms with Crippen LogP contribution in [-0.4, -0.2) is 45.4 Å². The van der Waals surface area contributed by atoms with Crippen molar-refractivity contribution in [1.29, 1.82) is 0 Å². The lowest BCUT2D eigenvalue weighted by atomic mass is 9.90. The normalized spacial score (nSPS) is 20.6. The Labute approximate surface area is 161 Å². The molecule has 138 valence electrons. The van der Waals surface area contributed by atoms with E-state index in [4.69, 9.17) is 4.98 Å². The SMILES string of the molecule is Cc1cc(Nc2nc(N[C@H]3CC[C@H](N(C)C)CC3)c3sccc3n2)sn1. The molecule has 0 atom stereocenters. The van der Waals surface area contributed by atoms with E-state index in [2.05, 4.69) is 50.4 Å². The molecule has 0 radical (unpaired) electrons. The number of aromatic nitrogens is 3. The maximum atomic E-state index is 4.77. The largest absolute Gasteiger partial charge is 0.366 e. The van der Waals surface area contributed by atoms with Gasteiger partial charge in [0.25, 0.3) is 0 Å². The molecule has 6 nitrogen and oxygen atoms in total. The van der Waals surface area contributed by atoms with Crippen molar-refractivity contribution in [3.63, 3.8) is 0 Å². The van der Waals surface area contributed by atoms with Crippen LogP contribution in [0.15, 0.2) is 17.5 Å². The van der Waals surface area contributed by atoms with E-state index >= 15 is 0 Å². The third-order valence-corrected chi connectivity index (χ3v) is 6.64. The van der Waals surface area contributed by atoms with Crippen molar-refractivity contribution >= 4 is 49.9 Å².